The minimum atomic E-state index is -0.683. The van der Waals surface area contributed by atoms with Crippen LogP contribution in [0.4, 0.5) is 4.39 Å². The summed E-state index contributed by atoms with van der Waals surface area (Å²) >= 11 is 0. The van der Waals surface area contributed by atoms with Crippen molar-refractivity contribution < 1.29 is 14.0 Å². The van der Waals surface area contributed by atoms with Crippen LogP contribution in [-0.2, 0) is 11.3 Å². The molecule has 0 aliphatic carbocycles. The number of hydrogen-bond acceptors (Lipinski definition) is 3. The number of carbonyl (C=O) groups excluding carboxylic acids is 2. The Morgan fingerprint density at radius 1 is 0.967 bits per heavy atom. The Morgan fingerprint density at radius 3 is 2.37 bits per heavy atom. The molecular formula is C24H30FN3O2. The molecule has 2 aromatic carbocycles. The van der Waals surface area contributed by atoms with Crippen LogP contribution in [0.1, 0.15) is 36.2 Å². The molecule has 1 aliphatic rings. The molecule has 0 radical (unpaired) electrons. The summed E-state index contributed by atoms with van der Waals surface area (Å²) in [5.74, 6) is -1.34. The minimum absolute atomic E-state index is 0.0409. The summed E-state index contributed by atoms with van der Waals surface area (Å²) in [6.45, 7) is 7.63. The SMILES string of the molecule is CC(C)C(NC(=O)c1ccccc1F)C(=O)N1CCCN(Cc2ccccc2)CC1. The zero-order valence-electron chi connectivity index (χ0n) is 17.7. The lowest BCUT2D eigenvalue weighted by Gasteiger charge is -2.29. The first-order chi connectivity index (χ1) is 14.5. The highest BCUT2D eigenvalue weighted by Gasteiger charge is 2.30. The van der Waals surface area contributed by atoms with Crippen LogP contribution in [0, 0.1) is 11.7 Å². The Bertz CT molecular complexity index is 857. The van der Waals surface area contributed by atoms with Gasteiger partial charge in [0.05, 0.1) is 5.56 Å². The highest BCUT2D eigenvalue weighted by molar-refractivity contribution is 5.97. The second-order valence-corrected chi connectivity index (χ2v) is 8.12. The second kappa shape index (κ2) is 10.3. The minimum Gasteiger partial charge on any atom is -0.340 e. The number of benzene rings is 2. The molecule has 1 N–H and O–H groups in total. The van der Waals surface area contributed by atoms with Crippen LogP contribution in [0.15, 0.2) is 54.6 Å². The van der Waals surface area contributed by atoms with Gasteiger partial charge in [0.1, 0.15) is 11.9 Å². The molecule has 2 aromatic rings. The van der Waals surface area contributed by atoms with E-state index in [4.69, 9.17) is 0 Å². The van der Waals surface area contributed by atoms with Crippen molar-refractivity contribution in [2.24, 2.45) is 5.92 Å². The van der Waals surface area contributed by atoms with E-state index in [-0.39, 0.29) is 17.4 Å². The number of nitrogens with zero attached hydrogens (tertiary/aromatic N) is 2. The monoisotopic (exact) mass is 411 g/mol. The average Bonchev–Trinajstić information content (AvgIpc) is 2.98. The van der Waals surface area contributed by atoms with Crippen molar-refractivity contribution in [2.75, 3.05) is 26.2 Å². The molecule has 2 amide bonds. The van der Waals surface area contributed by atoms with Gasteiger partial charge in [0, 0.05) is 32.7 Å². The summed E-state index contributed by atoms with van der Waals surface area (Å²) in [7, 11) is 0. The second-order valence-electron chi connectivity index (χ2n) is 8.12. The van der Waals surface area contributed by atoms with E-state index in [0.29, 0.717) is 13.1 Å². The Morgan fingerprint density at radius 2 is 1.67 bits per heavy atom. The van der Waals surface area contributed by atoms with E-state index >= 15 is 0 Å². The van der Waals surface area contributed by atoms with E-state index in [1.165, 1.54) is 23.8 Å². The Hall–Kier alpha value is -2.73. The van der Waals surface area contributed by atoms with Crippen molar-refractivity contribution >= 4 is 11.8 Å². The summed E-state index contributed by atoms with van der Waals surface area (Å²) in [6, 6.07) is 15.4. The lowest BCUT2D eigenvalue weighted by Crippen LogP contribution is -2.52. The molecule has 0 bridgehead atoms. The predicted molar refractivity (Wildman–Crippen MR) is 115 cm³/mol. The summed E-state index contributed by atoms with van der Waals surface area (Å²) in [5, 5.41) is 2.76. The fourth-order valence-electron chi connectivity index (χ4n) is 3.77. The van der Waals surface area contributed by atoms with E-state index in [1.807, 2.05) is 36.9 Å². The molecule has 3 rings (SSSR count). The first-order valence-corrected chi connectivity index (χ1v) is 10.6. The van der Waals surface area contributed by atoms with Crippen LogP contribution in [-0.4, -0.2) is 53.8 Å². The van der Waals surface area contributed by atoms with Crippen LogP contribution in [0.5, 0.6) is 0 Å². The molecule has 0 aromatic heterocycles. The van der Waals surface area contributed by atoms with Gasteiger partial charge >= 0.3 is 0 Å². The molecule has 0 spiro atoms. The van der Waals surface area contributed by atoms with Crippen LogP contribution in [0.2, 0.25) is 0 Å². The molecule has 6 heteroatoms. The molecule has 160 valence electrons. The zero-order valence-corrected chi connectivity index (χ0v) is 17.7. The lowest BCUT2D eigenvalue weighted by molar-refractivity contribution is -0.134. The predicted octanol–water partition coefficient (Wildman–Crippen LogP) is 3.31. The molecule has 30 heavy (non-hydrogen) atoms. The number of halogens is 1. The summed E-state index contributed by atoms with van der Waals surface area (Å²) in [6.07, 6.45) is 0.880. The van der Waals surface area contributed by atoms with Crippen LogP contribution < -0.4 is 5.32 Å². The molecular weight excluding hydrogens is 381 g/mol. The zero-order chi connectivity index (χ0) is 21.5. The molecule has 1 aliphatic heterocycles. The Kier molecular flexibility index (Phi) is 7.57. The highest BCUT2D eigenvalue weighted by atomic mass is 19.1. The van der Waals surface area contributed by atoms with Gasteiger partial charge in [0.2, 0.25) is 5.91 Å². The van der Waals surface area contributed by atoms with Crippen molar-refractivity contribution in [1.82, 2.24) is 15.1 Å². The number of nitrogens with one attached hydrogen (secondary N) is 1. The Labute approximate surface area is 177 Å². The first-order valence-electron chi connectivity index (χ1n) is 10.6. The van der Waals surface area contributed by atoms with Crippen molar-refractivity contribution in [1.29, 1.82) is 0 Å². The standard InChI is InChI=1S/C24H30FN3O2/c1-18(2)22(26-23(29)20-11-6-7-12-21(20)25)24(30)28-14-8-13-27(15-16-28)17-19-9-4-3-5-10-19/h3-7,9-12,18,22H,8,13-17H2,1-2H3,(H,26,29). The quantitative estimate of drug-likeness (QED) is 0.794. The van der Waals surface area contributed by atoms with Crippen molar-refractivity contribution in [3.63, 3.8) is 0 Å². The van der Waals surface area contributed by atoms with Crippen LogP contribution in [0.25, 0.3) is 0 Å². The maximum atomic E-state index is 14.0. The molecule has 0 saturated carbocycles. The number of amides is 2. The summed E-state index contributed by atoms with van der Waals surface area (Å²) < 4.78 is 14.0. The summed E-state index contributed by atoms with van der Waals surface area (Å²) in [4.78, 5) is 30.0. The van der Waals surface area contributed by atoms with Crippen LogP contribution >= 0.6 is 0 Å². The van der Waals surface area contributed by atoms with E-state index in [9.17, 15) is 14.0 Å². The van der Waals surface area contributed by atoms with Gasteiger partial charge in [-0.15, -0.1) is 0 Å². The van der Waals surface area contributed by atoms with Gasteiger partial charge in [-0.05, 0) is 30.0 Å². The molecule has 1 fully saturated rings. The van der Waals surface area contributed by atoms with Crippen molar-refractivity contribution in [3.8, 4) is 0 Å². The van der Waals surface area contributed by atoms with Gasteiger partial charge in [-0.3, -0.25) is 14.5 Å². The van der Waals surface area contributed by atoms with E-state index in [0.717, 1.165) is 26.1 Å². The van der Waals surface area contributed by atoms with Gasteiger partial charge < -0.3 is 10.2 Å². The molecule has 1 atom stereocenters. The van der Waals surface area contributed by atoms with E-state index < -0.39 is 17.8 Å². The molecule has 1 unspecified atom stereocenters. The maximum absolute atomic E-state index is 14.0. The third kappa shape index (κ3) is 5.66. The van der Waals surface area contributed by atoms with Gasteiger partial charge in [0.25, 0.3) is 5.91 Å². The van der Waals surface area contributed by atoms with Gasteiger partial charge in [-0.1, -0.05) is 56.3 Å². The van der Waals surface area contributed by atoms with Gasteiger partial charge in [-0.25, -0.2) is 4.39 Å². The third-order valence-corrected chi connectivity index (χ3v) is 5.49. The maximum Gasteiger partial charge on any atom is 0.254 e. The molecule has 1 saturated heterocycles. The largest absolute Gasteiger partial charge is 0.340 e. The average molecular weight is 412 g/mol. The van der Waals surface area contributed by atoms with Crippen molar-refractivity contribution in [3.05, 3.63) is 71.5 Å². The smallest absolute Gasteiger partial charge is 0.254 e. The normalized spacial score (nSPS) is 16.2. The first kappa shape index (κ1) is 22.0. The fourth-order valence-corrected chi connectivity index (χ4v) is 3.77. The third-order valence-electron chi connectivity index (χ3n) is 5.49. The fraction of sp³-hybridized carbons (Fsp3) is 0.417. The van der Waals surface area contributed by atoms with Crippen molar-refractivity contribution in [2.45, 2.75) is 32.9 Å². The molecule has 1 heterocycles. The number of hydrogen-bond donors (Lipinski definition) is 1. The number of carbonyl (C=O) groups is 2. The number of rotatable bonds is 6. The van der Waals surface area contributed by atoms with Gasteiger partial charge in [0.15, 0.2) is 0 Å². The van der Waals surface area contributed by atoms with Crippen LogP contribution in [0.3, 0.4) is 0 Å². The summed E-state index contributed by atoms with van der Waals surface area (Å²) in [5.41, 5.74) is 1.22. The highest BCUT2D eigenvalue weighted by Crippen LogP contribution is 2.14. The molecule has 5 nitrogen and oxygen atoms in total. The van der Waals surface area contributed by atoms with E-state index in [2.05, 4.69) is 22.3 Å². The van der Waals surface area contributed by atoms with E-state index in [1.54, 1.807) is 6.07 Å². The van der Waals surface area contributed by atoms with Gasteiger partial charge in [-0.2, -0.15) is 0 Å². The lowest BCUT2D eigenvalue weighted by atomic mass is 10.0. The Balaban J connectivity index is 1.62. The topological polar surface area (TPSA) is 52.7 Å².